The number of anilines is 1. The molecule has 0 radical (unpaired) electrons. The normalized spacial score (nSPS) is 13.5. The average Bonchev–Trinajstić information content (AvgIpc) is 2.18. The quantitative estimate of drug-likeness (QED) is 0.805. The summed E-state index contributed by atoms with van der Waals surface area (Å²) in [6, 6.07) is 4.14. The van der Waals surface area contributed by atoms with Gasteiger partial charge in [0.1, 0.15) is 15.7 Å². The van der Waals surface area contributed by atoms with E-state index in [0.29, 0.717) is 5.69 Å². The Kier molecular flexibility index (Phi) is 4.64. The fourth-order valence-corrected chi connectivity index (χ4v) is 3.85. The molecule has 0 amide bonds. The van der Waals surface area contributed by atoms with Crippen LogP contribution in [0.5, 0.6) is 0 Å². The molecule has 0 spiro atoms. The van der Waals surface area contributed by atoms with Gasteiger partial charge in [-0.25, -0.2) is 12.8 Å². The number of benzene rings is 1. The van der Waals surface area contributed by atoms with Crippen LogP contribution in [0.4, 0.5) is 10.1 Å². The van der Waals surface area contributed by atoms with Crippen LogP contribution in [-0.2, 0) is 26.4 Å². The fraction of sp³-hybridized carbons (Fsp3) is 0.400. The second-order valence-corrected chi connectivity index (χ2v) is 7.61. The molecule has 4 nitrogen and oxygen atoms in total. The van der Waals surface area contributed by atoms with Gasteiger partial charge in [-0.05, 0) is 12.1 Å². The maximum absolute atomic E-state index is 13.4. The Balaban J connectivity index is 2.62. The molecule has 0 saturated carbocycles. The van der Waals surface area contributed by atoms with Gasteiger partial charge in [0.05, 0.1) is 11.5 Å². The van der Waals surface area contributed by atoms with Crippen molar-refractivity contribution in [2.75, 3.05) is 23.5 Å². The van der Waals surface area contributed by atoms with E-state index in [0.717, 1.165) is 12.3 Å². The Morgan fingerprint density at radius 1 is 1.41 bits per heavy atom. The van der Waals surface area contributed by atoms with E-state index >= 15 is 0 Å². The largest absolute Gasteiger partial charge is 0.399 e. The van der Waals surface area contributed by atoms with Gasteiger partial charge in [-0.3, -0.25) is 4.21 Å². The number of hydrogen-bond acceptors (Lipinski definition) is 4. The van der Waals surface area contributed by atoms with Crippen LogP contribution in [0, 0.1) is 5.82 Å². The molecule has 1 atom stereocenters. The van der Waals surface area contributed by atoms with E-state index in [1.54, 1.807) is 0 Å². The highest BCUT2D eigenvalue weighted by atomic mass is 32.2. The van der Waals surface area contributed by atoms with Crippen molar-refractivity contribution in [2.45, 2.75) is 5.75 Å². The van der Waals surface area contributed by atoms with Gasteiger partial charge in [-0.15, -0.1) is 0 Å². The second-order valence-electron chi connectivity index (χ2n) is 3.77. The van der Waals surface area contributed by atoms with E-state index in [1.807, 2.05) is 0 Å². The number of nitrogen functional groups attached to an aromatic ring is 1. The number of hydrogen-bond donors (Lipinski definition) is 1. The summed E-state index contributed by atoms with van der Waals surface area (Å²) in [7, 11) is -4.53. The number of sulfone groups is 1. The Morgan fingerprint density at radius 3 is 2.59 bits per heavy atom. The first-order chi connectivity index (χ1) is 7.78. The maximum atomic E-state index is 13.4. The van der Waals surface area contributed by atoms with Crippen molar-refractivity contribution in [3.05, 3.63) is 29.6 Å². The highest BCUT2D eigenvalue weighted by molar-refractivity contribution is 7.92. The lowest BCUT2D eigenvalue weighted by atomic mass is 10.2. The van der Waals surface area contributed by atoms with E-state index in [4.69, 9.17) is 5.73 Å². The number of rotatable bonds is 5. The molecule has 0 aliphatic heterocycles. The molecule has 1 aromatic carbocycles. The molecular formula is C10H14FNO3S2. The minimum Gasteiger partial charge on any atom is -0.399 e. The standard InChI is InChI=1S/C10H14FNO3S2/c1-17(14,15)5-4-16(13)7-8-2-3-9(12)6-10(8)11/h2-3,6H,4-5,7,12H2,1H3. The summed E-state index contributed by atoms with van der Waals surface area (Å²) in [4.78, 5) is 0. The third-order valence-electron chi connectivity index (χ3n) is 2.08. The molecule has 0 aliphatic carbocycles. The van der Waals surface area contributed by atoms with Crippen LogP contribution in [0.1, 0.15) is 5.56 Å². The van der Waals surface area contributed by atoms with Gasteiger partial charge >= 0.3 is 0 Å². The lowest BCUT2D eigenvalue weighted by molar-refractivity contribution is 0.602. The van der Waals surface area contributed by atoms with Gasteiger partial charge in [0.2, 0.25) is 0 Å². The van der Waals surface area contributed by atoms with E-state index in [1.165, 1.54) is 12.1 Å². The average molecular weight is 279 g/mol. The van der Waals surface area contributed by atoms with E-state index in [-0.39, 0.29) is 22.8 Å². The fourth-order valence-electron chi connectivity index (χ4n) is 1.17. The minimum absolute atomic E-state index is 0.00162. The highest BCUT2D eigenvalue weighted by Gasteiger charge is 2.10. The summed E-state index contributed by atoms with van der Waals surface area (Å²) in [6.45, 7) is 0. The first-order valence-electron chi connectivity index (χ1n) is 4.84. The van der Waals surface area contributed by atoms with E-state index < -0.39 is 26.5 Å². The van der Waals surface area contributed by atoms with Crippen LogP contribution < -0.4 is 5.73 Å². The predicted octanol–water partition coefficient (Wildman–Crippen LogP) is 0.701. The lowest BCUT2D eigenvalue weighted by Gasteiger charge is -2.04. The molecule has 0 aliphatic rings. The SMILES string of the molecule is CS(=O)(=O)CCS(=O)Cc1ccc(N)cc1F. The van der Waals surface area contributed by atoms with E-state index in [2.05, 4.69) is 0 Å². The zero-order chi connectivity index (χ0) is 13.1. The molecule has 1 rings (SSSR count). The molecule has 0 fully saturated rings. The molecule has 1 unspecified atom stereocenters. The zero-order valence-electron chi connectivity index (χ0n) is 9.35. The number of nitrogens with two attached hydrogens (primary N) is 1. The number of halogens is 1. The molecule has 96 valence electrons. The Labute approximate surface area is 102 Å². The Hall–Kier alpha value is -0.950. The smallest absolute Gasteiger partial charge is 0.148 e. The van der Waals surface area contributed by atoms with Crippen molar-refractivity contribution in [1.29, 1.82) is 0 Å². The van der Waals surface area contributed by atoms with Crippen molar-refractivity contribution >= 4 is 26.3 Å². The van der Waals surface area contributed by atoms with Gasteiger partial charge in [0, 0.05) is 34.1 Å². The monoisotopic (exact) mass is 279 g/mol. The maximum Gasteiger partial charge on any atom is 0.148 e. The van der Waals surface area contributed by atoms with Gasteiger partial charge in [-0.2, -0.15) is 0 Å². The van der Waals surface area contributed by atoms with Crippen LogP contribution in [-0.4, -0.2) is 30.4 Å². The lowest BCUT2D eigenvalue weighted by Crippen LogP contribution is -2.13. The first-order valence-corrected chi connectivity index (χ1v) is 8.39. The molecular weight excluding hydrogens is 265 g/mol. The van der Waals surface area contributed by atoms with Crippen molar-refractivity contribution in [3.8, 4) is 0 Å². The third-order valence-corrected chi connectivity index (χ3v) is 4.57. The van der Waals surface area contributed by atoms with E-state index in [9.17, 15) is 17.0 Å². The molecule has 0 aromatic heterocycles. The molecule has 1 aromatic rings. The Bertz CT molecular complexity index is 528. The molecule has 0 heterocycles. The van der Waals surface area contributed by atoms with Gasteiger partial charge in [-0.1, -0.05) is 6.07 Å². The van der Waals surface area contributed by atoms with Crippen LogP contribution in [0.3, 0.4) is 0 Å². The first kappa shape index (κ1) is 14.1. The van der Waals surface area contributed by atoms with Gasteiger partial charge in [0.15, 0.2) is 0 Å². The van der Waals surface area contributed by atoms with Gasteiger partial charge in [0.25, 0.3) is 0 Å². The molecule has 2 N–H and O–H groups in total. The molecule has 0 bridgehead atoms. The molecule has 0 saturated heterocycles. The third kappa shape index (κ3) is 5.27. The summed E-state index contributed by atoms with van der Waals surface area (Å²) in [5.41, 5.74) is 5.96. The highest BCUT2D eigenvalue weighted by Crippen LogP contribution is 2.13. The van der Waals surface area contributed by atoms with Crippen molar-refractivity contribution in [1.82, 2.24) is 0 Å². The Morgan fingerprint density at radius 2 is 2.06 bits per heavy atom. The van der Waals surface area contributed by atoms with Crippen LogP contribution in [0.25, 0.3) is 0 Å². The van der Waals surface area contributed by atoms with Crippen molar-refractivity contribution in [2.24, 2.45) is 0 Å². The van der Waals surface area contributed by atoms with Crippen molar-refractivity contribution < 1.29 is 17.0 Å². The minimum atomic E-state index is -3.14. The second kappa shape index (κ2) is 5.59. The van der Waals surface area contributed by atoms with Crippen molar-refractivity contribution in [3.63, 3.8) is 0 Å². The summed E-state index contributed by atoms with van der Waals surface area (Å²) in [6.07, 6.45) is 1.08. The van der Waals surface area contributed by atoms with Crippen LogP contribution in [0.15, 0.2) is 18.2 Å². The summed E-state index contributed by atoms with van der Waals surface area (Å²) >= 11 is 0. The van der Waals surface area contributed by atoms with Crippen LogP contribution in [0.2, 0.25) is 0 Å². The summed E-state index contributed by atoms with van der Waals surface area (Å²) in [5.74, 6) is -0.654. The molecule has 17 heavy (non-hydrogen) atoms. The summed E-state index contributed by atoms with van der Waals surface area (Å²) < 4.78 is 46.6. The molecule has 7 heteroatoms. The van der Waals surface area contributed by atoms with Crippen LogP contribution >= 0.6 is 0 Å². The topological polar surface area (TPSA) is 77.2 Å². The van der Waals surface area contributed by atoms with Gasteiger partial charge < -0.3 is 5.73 Å². The predicted molar refractivity (Wildman–Crippen MR) is 67.2 cm³/mol. The zero-order valence-corrected chi connectivity index (χ0v) is 11.0. The summed E-state index contributed by atoms with van der Waals surface area (Å²) in [5, 5.41) is 0.